The predicted octanol–water partition coefficient (Wildman–Crippen LogP) is 3.22. The summed E-state index contributed by atoms with van der Waals surface area (Å²) in [5, 5.41) is 37.7. The van der Waals surface area contributed by atoms with Gasteiger partial charge in [0, 0.05) is 17.7 Å². The fraction of sp³-hybridized carbons (Fsp3) is 0.143. The molecule has 0 spiro atoms. The minimum atomic E-state index is -0.570. The number of methoxy groups -OCH3 is 1. The van der Waals surface area contributed by atoms with Gasteiger partial charge in [0.1, 0.15) is 17.2 Å². The standard InChI is InChI=1S/C14H13N3O5/c1-22-10-6-9(8-18)14(19)12(7-10)16-15-11-4-2-3-5-13(11)17(20)21/h2-7,18-19H,8H2,1H3/b16-15+. The quantitative estimate of drug-likeness (QED) is 0.499. The molecule has 0 bridgehead atoms. The Morgan fingerprint density at radius 2 is 1.91 bits per heavy atom. The van der Waals surface area contributed by atoms with Crippen molar-refractivity contribution >= 4 is 17.1 Å². The molecule has 0 aliphatic heterocycles. The lowest BCUT2D eigenvalue weighted by molar-refractivity contribution is -0.384. The summed E-state index contributed by atoms with van der Waals surface area (Å²) in [5.41, 5.74) is 0.119. The largest absolute Gasteiger partial charge is 0.505 e. The van der Waals surface area contributed by atoms with E-state index in [2.05, 4.69) is 10.2 Å². The number of nitrogens with zero attached hydrogens (tertiary/aromatic N) is 3. The Labute approximate surface area is 125 Å². The van der Waals surface area contributed by atoms with E-state index in [1.165, 1.54) is 37.4 Å². The maximum Gasteiger partial charge on any atom is 0.296 e. The first kappa shape index (κ1) is 15.4. The number of azo groups is 1. The van der Waals surface area contributed by atoms with Crippen molar-refractivity contribution in [3.63, 3.8) is 0 Å². The molecule has 0 atom stereocenters. The Morgan fingerprint density at radius 1 is 1.23 bits per heavy atom. The molecule has 0 saturated carbocycles. The van der Waals surface area contributed by atoms with E-state index in [9.17, 15) is 20.3 Å². The third-order valence-electron chi connectivity index (χ3n) is 2.89. The number of nitro groups is 1. The summed E-state index contributed by atoms with van der Waals surface area (Å²) in [6.07, 6.45) is 0. The lowest BCUT2D eigenvalue weighted by Gasteiger charge is -2.07. The number of ether oxygens (including phenoxy) is 1. The van der Waals surface area contributed by atoms with Gasteiger partial charge in [-0.3, -0.25) is 10.1 Å². The number of hydrogen-bond acceptors (Lipinski definition) is 7. The molecular formula is C14H13N3O5. The van der Waals surface area contributed by atoms with Gasteiger partial charge in [-0.25, -0.2) is 0 Å². The van der Waals surface area contributed by atoms with Crippen LogP contribution in [0, 0.1) is 10.1 Å². The normalized spacial score (nSPS) is 10.8. The number of nitro benzene ring substituents is 1. The monoisotopic (exact) mass is 303 g/mol. The van der Waals surface area contributed by atoms with Crippen molar-refractivity contribution in [2.75, 3.05) is 7.11 Å². The summed E-state index contributed by atoms with van der Waals surface area (Å²) in [6.45, 7) is -0.406. The fourth-order valence-corrected chi connectivity index (χ4v) is 1.77. The highest BCUT2D eigenvalue weighted by atomic mass is 16.6. The van der Waals surface area contributed by atoms with E-state index in [1.54, 1.807) is 6.07 Å². The third kappa shape index (κ3) is 3.18. The minimum absolute atomic E-state index is 0.0431. The second kappa shape index (κ2) is 6.64. The molecule has 2 aromatic carbocycles. The number of aromatic hydroxyl groups is 1. The van der Waals surface area contributed by atoms with Crippen molar-refractivity contribution in [1.29, 1.82) is 0 Å². The number of para-hydroxylation sites is 1. The van der Waals surface area contributed by atoms with Crippen LogP contribution in [0.25, 0.3) is 0 Å². The van der Waals surface area contributed by atoms with Gasteiger partial charge in [0.15, 0.2) is 5.69 Å². The van der Waals surface area contributed by atoms with Gasteiger partial charge >= 0.3 is 0 Å². The number of aliphatic hydroxyl groups is 1. The van der Waals surface area contributed by atoms with Gasteiger partial charge in [0.05, 0.1) is 18.6 Å². The second-order valence-electron chi connectivity index (χ2n) is 4.26. The van der Waals surface area contributed by atoms with Crippen LogP contribution in [0.2, 0.25) is 0 Å². The van der Waals surface area contributed by atoms with Crippen LogP contribution >= 0.6 is 0 Å². The smallest absolute Gasteiger partial charge is 0.296 e. The van der Waals surface area contributed by atoms with Gasteiger partial charge in [-0.1, -0.05) is 12.1 Å². The van der Waals surface area contributed by atoms with Crippen molar-refractivity contribution < 1.29 is 19.9 Å². The van der Waals surface area contributed by atoms with Crippen LogP contribution in [0.4, 0.5) is 17.1 Å². The highest BCUT2D eigenvalue weighted by molar-refractivity contribution is 5.60. The Balaban J connectivity index is 2.44. The number of aliphatic hydroxyl groups excluding tert-OH is 1. The molecule has 0 saturated heterocycles. The lowest BCUT2D eigenvalue weighted by atomic mass is 10.1. The van der Waals surface area contributed by atoms with E-state index in [-0.39, 0.29) is 28.4 Å². The minimum Gasteiger partial charge on any atom is -0.505 e. The van der Waals surface area contributed by atoms with E-state index in [4.69, 9.17) is 4.74 Å². The van der Waals surface area contributed by atoms with Crippen LogP contribution in [0.1, 0.15) is 5.56 Å². The molecule has 0 fully saturated rings. The summed E-state index contributed by atoms with van der Waals surface area (Å²) in [5.74, 6) is 0.115. The zero-order valence-electron chi connectivity index (χ0n) is 11.6. The molecule has 22 heavy (non-hydrogen) atoms. The van der Waals surface area contributed by atoms with E-state index in [1.807, 2.05) is 0 Å². The highest BCUT2D eigenvalue weighted by Crippen LogP contribution is 2.37. The van der Waals surface area contributed by atoms with E-state index < -0.39 is 11.5 Å². The topological polar surface area (TPSA) is 118 Å². The Kier molecular flexibility index (Phi) is 4.64. The van der Waals surface area contributed by atoms with Crippen LogP contribution in [-0.4, -0.2) is 22.2 Å². The Morgan fingerprint density at radius 3 is 2.55 bits per heavy atom. The average molecular weight is 303 g/mol. The third-order valence-corrected chi connectivity index (χ3v) is 2.89. The molecule has 0 aliphatic rings. The molecule has 0 aromatic heterocycles. The molecule has 0 amide bonds. The van der Waals surface area contributed by atoms with E-state index in [0.29, 0.717) is 5.75 Å². The molecule has 0 radical (unpaired) electrons. The van der Waals surface area contributed by atoms with Gasteiger partial charge in [-0.2, -0.15) is 0 Å². The van der Waals surface area contributed by atoms with Gasteiger partial charge in [0.2, 0.25) is 0 Å². The van der Waals surface area contributed by atoms with Crippen LogP contribution in [0.15, 0.2) is 46.6 Å². The van der Waals surface area contributed by atoms with Crippen molar-refractivity contribution in [2.45, 2.75) is 6.61 Å². The first-order chi connectivity index (χ1) is 10.6. The van der Waals surface area contributed by atoms with Gasteiger partial charge < -0.3 is 14.9 Å². The second-order valence-corrected chi connectivity index (χ2v) is 4.26. The zero-order chi connectivity index (χ0) is 16.1. The maximum atomic E-state index is 10.9. The summed E-state index contributed by atoms with van der Waals surface area (Å²) in [7, 11) is 1.43. The Bertz CT molecular complexity index is 730. The van der Waals surface area contributed by atoms with E-state index in [0.717, 1.165) is 0 Å². The highest BCUT2D eigenvalue weighted by Gasteiger charge is 2.13. The zero-order valence-corrected chi connectivity index (χ0v) is 11.6. The van der Waals surface area contributed by atoms with Crippen LogP contribution in [0.3, 0.4) is 0 Å². The van der Waals surface area contributed by atoms with E-state index >= 15 is 0 Å². The van der Waals surface area contributed by atoms with Gasteiger partial charge in [-0.05, 0) is 12.1 Å². The van der Waals surface area contributed by atoms with Crippen molar-refractivity contribution in [3.8, 4) is 11.5 Å². The van der Waals surface area contributed by atoms with Crippen LogP contribution in [0.5, 0.6) is 11.5 Å². The molecule has 0 aliphatic carbocycles. The summed E-state index contributed by atoms with van der Waals surface area (Å²) in [6, 6.07) is 8.72. The average Bonchev–Trinajstić information content (AvgIpc) is 2.54. The number of rotatable bonds is 5. The van der Waals surface area contributed by atoms with Crippen LogP contribution in [-0.2, 0) is 6.61 Å². The summed E-state index contributed by atoms with van der Waals surface area (Å²) < 4.78 is 5.03. The maximum absolute atomic E-state index is 10.9. The number of phenols is 1. The van der Waals surface area contributed by atoms with Gasteiger partial charge in [-0.15, -0.1) is 10.2 Å². The number of hydrogen-bond donors (Lipinski definition) is 2. The van der Waals surface area contributed by atoms with Gasteiger partial charge in [0.25, 0.3) is 5.69 Å². The summed E-state index contributed by atoms with van der Waals surface area (Å²) >= 11 is 0. The molecule has 8 nitrogen and oxygen atoms in total. The fourth-order valence-electron chi connectivity index (χ4n) is 1.77. The molecule has 2 N–H and O–H groups in total. The van der Waals surface area contributed by atoms with Crippen molar-refractivity contribution in [1.82, 2.24) is 0 Å². The molecule has 114 valence electrons. The first-order valence-corrected chi connectivity index (χ1v) is 6.22. The molecule has 2 aromatic rings. The SMILES string of the molecule is COc1cc(CO)c(O)c(/N=N/c2ccccc2[N+](=O)[O-])c1. The molecule has 0 heterocycles. The first-order valence-electron chi connectivity index (χ1n) is 6.22. The predicted molar refractivity (Wildman–Crippen MR) is 77.9 cm³/mol. The molecule has 8 heteroatoms. The molecule has 0 unspecified atom stereocenters. The van der Waals surface area contributed by atoms with Crippen molar-refractivity contribution in [2.24, 2.45) is 10.2 Å². The van der Waals surface area contributed by atoms with Crippen molar-refractivity contribution in [3.05, 3.63) is 52.1 Å². The number of benzene rings is 2. The molecule has 2 rings (SSSR count). The molecular weight excluding hydrogens is 290 g/mol. The van der Waals surface area contributed by atoms with Crippen LogP contribution < -0.4 is 4.74 Å². The lowest BCUT2D eigenvalue weighted by Crippen LogP contribution is -1.89. The summed E-state index contributed by atoms with van der Waals surface area (Å²) in [4.78, 5) is 10.3. The Hall–Kier alpha value is -3.00.